The van der Waals surface area contributed by atoms with Crippen molar-refractivity contribution in [1.29, 1.82) is 0 Å². The first-order valence-corrected chi connectivity index (χ1v) is 8.95. The van der Waals surface area contributed by atoms with Crippen molar-refractivity contribution in [2.45, 2.75) is 6.92 Å². The Bertz CT molecular complexity index is 946. The number of carbonyl (C=O) groups excluding carboxylic acids is 1. The van der Waals surface area contributed by atoms with Crippen molar-refractivity contribution in [2.75, 3.05) is 37.7 Å². The van der Waals surface area contributed by atoms with Gasteiger partial charge in [-0.2, -0.15) is 0 Å². The first-order valence-electron chi connectivity index (χ1n) is 8.95. The van der Waals surface area contributed by atoms with Crippen LogP contribution in [0.15, 0.2) is 30.6 Å². The molecule has 2 aromatic heterocycles. The molecule has 1 aromatic carbocycles. The molecule has 1 aliphatic heterocycles. The van der Waals surface area contributed by atoms with E-state index in [1.165, 1.54) is 6.33 Å². The molecule has 0 unspecified atom stereocenters. The van der Waals surface area contributed by atoms with Crippen molar-refractivity contribution in [3.63, 3.8) is 0 Å². The standard InChI is InChI=1S/C18H21N7O2/c1-3-27-14-6-4-13(5-7-14)18(26)25-10-8-24(9-11-25)17-15-16(19-12-20-17)23(2)22-21-15/h4-7,12H,3,8-11H2,1-2H3. The summed E-state index contributed by atoms with van der Waals surface area (Å²) < 4.78 is 7.06. The van der Waals surface area contributed by atoms with E-state index in [-0.39, 0.29) is 5.91 Å². The SMILES string of the molecule is CCOc1ccc(C(=O)N2CCN(c3ncnc4c3nnn4C)CC2)cc1. The number of benzene rings is 1. The topological polar surface area (TPSA) is 89.3 Å². The van der Waals surface area contributed by atoms with Crippen LogP contribution in [0.25, 0.3) is 11.2 Å². The van der Waals surface area contributed by atoms with E-state index in [0.29, 0.717) is 49.5 Å². The summed E-state index contributed by atoms with van der Waals surface area (Å²) in [6, 6.07) is 7.29. The first kappa shape index (κ1) is 17.2. The summed E-state index contributed by atoms with van der Waals surface area (Å²) in [6.07, 6.45) is 1.53. The Labute approximate surface area is 156 Å². The number of hydrogen-bond acceptors (Lipinski definition) is 7. The van der Waals surface area contributed by atoms with E-state index in [9.17, 15) is 4.79 Å². The van der Waals surface area contributed by atoms with Crippen molar-refractivity contribution in [3.8, 4) is 5.75 Å². The van der Waals surface area contributed by atoms with Gasteiger partial charge in [-0.05, 0) is 31.2 Å². The zero-order chi connectivity index (χ0) is 18.8. The summed E-state index contributed by atoms with van der Waals surface area (Å²) in [5.41, 5.74) is 2.06. The monoisotopic (exact) mass is 367 g/mol. The molecule has 0 bridgehead atoms. The Balaban J connectivity index is 1.44. The van der Waals surface area contributed by atoms with E-state index >= 15 is 0 Å². The fourth-order valence-corrected chi connectivity index (χ4v) is 3.24. The van der Waals surface area contributed by atoms with Gasteiger partial charge in [-0.25, -0.2) is 14.6 Å². The third-order valence-electron chi connectivity index (χ3n) is 4.65. The van der Waals surface area contributed by atoms with Gasteiger partial charge >= 0.3 is 0 Å². The molecule has 27 heavy (non-hydrogen) atoms. The second-order valence-electron chi connectivity index (χ2n) is 6.32. The third-order valence-corrected chi connectivity index (χ3v) is 4.65. The lowest BCUT2D eigenvalue weighted by Crippen LogP contribution is -2.49. The highest BCUT2D eigenvalue weighted by Gasteiger charge is 2.25. The summed E-state index contributed by atoms with van der Waals surface area (Å²) in [6.45, 7) is 5.16. The molecule has 0 N–H and O–H groups in total. The zero-order valence-electron chi connectivity index (χ0n) is 15.4. The maximum Gasteiger partial charge on any atom is 0.253 e. The average Bonchev–Trinajstić information content (AvgIpc) is 3.10. The lowest BCUT2D eigenvalue weighted by molar-refractivity contribution is 0.0746. The van der Waals surface area contributed by atoms with E-state index in [0.717, 1.165) is 11.6 Å². The number of fused-ring (bicyclic) bond motifs is 1. The molecule has 0 atom stereocenters. The number of amides is 1. The molecule has 0 spiro atoms. The number of anilines is 1. The first-order chi connectivity index (χ1) is 13.2. The molecule has 0 radical (unpaired) electrons. The molecule has 3 aromatic rings. The molecule has 1 amide bonds. The van der Waals surface area contributed by atoms with Gasteiger partial charge in [0.2, 0.25) is 0 Å². The minimum atomic E-state index is 0.0324. The minimum Gasteiger partial charge on any atom is -0.494 e. The van der Waals surface area contributed by atoms with Crippen LogP contribution in [0.1, 0.15) is 17.3 Å². The molecule has 1 saturated heterocycles. The number of hydrogen-bond donors (Lipinski definition) is 0. The number of aromatic nitrogens is 5. The molecule has 0 aliphatic carbocycles. The normalized spacial score (nSPS) is 14.6. The second kappa shape index (κ2) is 7.18. The predicted octanol–water partition coefficient (Wildman–Crippen LogP) is 1.12. The quantitative estimate of drug-likeness (QED) is 0.682. The van der Waals surface area contributed by atoms with Gasteiger partial charge in [-0.3, -0.25) is 4.79 Å². The van der Waals surface area contributed by atoms with Gasteiger partial charge in [0.15, 0.2) is 17.0 Å². The van der Waals surface area contributed by atoms with Crippen molar-refractivity contribution in [3.05, 3.63) is 36.2 Å². The van der Waals surface area contributed by atoms with Crippen LogP contribution < -0.4 is 9.64 Å². The number of rotatable bonds is 4. The van der Waals surface area contributed by atoms with Gasteiger partial charge in [0, 0.05) is 38.8 Å². The fraction of sp³-hybridized carbons (Fsp3) is 0.389. The lowest BCUT2D eigenvalue weighted by Gasteiger charge is -2.35. The van der Waals surface area contributed by atoms with Gasteiger partial charge < -0.3 is 14.5 Å². The highest BCUT2D eigenvalue weighted by Crippen LogP contribution is 2.22. The second-order valence-corrected chi connectivity index (χ2v) is 6.32. The van der Waals surface area contributed by atoms with Crippen molar-refractivity contribution in [2.24, 2.45) is 7.05 Å². The number of ether oxygens (including phenoxy) is 1. The molecule has 140 valence electrons. The summed E-state index contributed by atoms with van der Waals surface area (Å²) in [5.74, 6) is 1.57. The zero-order valence-corrected chi connectivity index (χ0v) is 15.4. The Kier molecular flexibility index (Phi) is 4.57. The predicted molar refractivity (Wildman–Crippen MR) is 99.8 cm³/mol. The van der Waals surface area contributed by atoms with Crippen LogP contribution in [-0.2, 0) is 7.05 Å². The molecule has 1 fully saturated rings. The Hall–Kier alpha value is -3.23. The largest absolute Gasteiger partial charge is 0.494 e. The highest BCUT2D eigenvalue weighted by atomic mass is 16.5. The van der Waals surface area contributed by atoms with E-state index in [1.807, 2.05) is 36.1 Å². The van der Waals surface area contributed by atoms with Crippen LogP contribution in [0.5, 0.6) is 5.75 Å². The summed E-state index contributed by atoms with van der Waals surface area (Å²) in [4.78, 5) is 25.3. The van der Waals surface area contributed by atoms with Crippen LogP contribution >= 0.6 is 0 Å². The van der Waals surface area contributed by atoms with Crippen molar-refractivity contribution in [1.82, 2.24) is 29.9 Å². The van der Waals surface area contributed by atoms with Gasteiger partial charge in [0.05, 0.1) is 6.61 Å². The maximum atomic E-state index is 12.7. The molecule has 1 aliphatic rings. The highest BCUT2D eigenvalue weighted by molar-refractivity contribution is 5.94. The number of piperazine rings is 1. The maximum absolute atomic E-state index is 12.7. The average molecular weight is 367 g/mol. The van der Waals surface area contributed by atoms with E-state index in [2.05, 4.69) is 25.2 Å². The van der Waals surface area contributed by atoms with Crippen LogP contribution in [0, 0.1) is 0 Å². The van der Waals surface area contributed by atoms with Crippen molar-refractivity contribution < 1.29 is 9.53 Å². The van der Waals surface area contributed by atoms with Gasteiger partial charge in [-0.1, -0.05) is 5.21 Å². The molecular weight excluding hydrogens is 346 g/mol. The van der Waals surface area contributed by atoms with Crippen LogP contribution in [0.4, 0.5) is 5.82 Å². The molecule has 3 heterocycles. The fourth-order valence-electron chi connectivity index (χ4n) is 3.24. The third kappa shape index (κ3) is 3.27. The Morgan fingerprint density at radius 2 is 1.85 bits per heavy atom. The summed E-state index contributed by atoms with van der Waals surface area (Å²) >= 11 is 0. The van der Waals surface area contributed by atoms with E-state index < -0.39 is 0 Å². The van der Waals surface area contributed by atoms with E-state index in [4.69, 9.17) is 4.74 Å². The smallest absolute Gasteiger partial charge is 0.253 e. The minimum absolute atomic E-state index is 0.0324. The van der Waals surface area contributed by atoms with Gasteiger partial charge in [0.1, 0.15) is 12.1 Å². The molecule has 9 heteroatoms. The van der Waals surface area contributed by atoms with Crippen molar-refractivity contribution >= 4 is 22.9 Å². The van der Waals surface area contributed by atoms with Crippen LogP contribution in [0.2, 0.25) is 0 Å². The number of carbonyl (C=O) groups is 1. The number of aryl methyl sites for hydroxylation is 1. The number of nitrogens with zero attached hydrogens (tertiary/aromatic N) is 7. The van der Waals surface area contributed by atoms with Crippen LogP contribution in [0.3, 0.4) is 0 Å². The summed E-state index contributed by atoms with van der Waals surface area (Å²) in [5, 5.41) is 8.19. The van der Waals surface area contributed by atoms with E-state index in [1.54, 1.807) is 11.7 Å². The molecule has 9 nitrogen and oxygen atoms in total. The summed E-state index contributed by atoms with van der Waals surface area (Å²) in [7, 11) is 1.81. The van der Waals surface area contributed by atoms with Gasteiger partial charge in [0.25, 0.3) is 5.91 Å². The lowest BCUT2D eigenvalue weighted by atomic mass is 10.1. The molecular formula is C18H21N7O2. The molecule has 4 rings (SSSR count). The van der Waals surface area contributed by atoms with Crippen LogP contribution in [-0.4, -0.2) is 68.6 Å². The van der Waals surface area contributed by atoms with Gasteiger partial charge in [-0.15, -0.1) is 5.10 Å². The Morgan fingerprint density at radius 1 is 1.11 bits per heavy atom. The Morgan fingerprint density at radius 3 is 2.56 bits per heavy atom. The molecule has 0 saturated carbocycles.